The van der Waals surface area contributed by atoms with Gasteiger partial charge in [-0.2, -0.15) is 0 Å². The molecule has 5 heteroatoms. The predicted octanol–water partition coefficient (Wildman–Crippen LogP) is 2.85. The zero-order valence-electron chi connectivity index (χ0n) is 9.17. The summed E-state index contributed by atoms with van der Waals surface area (Å²) >= 11 is 9.46. The van der Waals surface area contributed by atoms with Gasteiger partial charge >= 0.3 is 5.97 Å². The predicted molar refractivity (Wildman–Crippen MR) is 70.5 cm³/mol. The van der Waals surface area contributed by atoms with Gasteiger partial charge in [0.15, 0.2) is 0 Å². The molecule has 0 saturated carbocycles. The smallest absolute Gasteiger partial charge is 0.324 e. The zero-order valence-corrected chi connectivity index (χ0v) is 11.5. The molecule has 1 saturated heterocycles. The Balaban J connectivity index is 2.26. The SMILES string of the molecule is O=C(O)C1(Cc2ccc(Br)cc2Cl)CCCN1. The molecule has 1 atom stereocenters. The van der Waals surface area contributed by atoms with Crippen molar-refractivity contribution in [3.8, 4) is 0 Å². The Morgan fingerprint density at radius 2 is 2.35 bits per heavy atom. The monoisotopic (exact) mass is 317 g/mol. The first-order chi connectivity index (χ1) is 8.03. The molecule has 1 aromatic carbocycles. The summed E-state index contributed by atoms with van der Waals surface area (Å²) in [5.41, 5.74) is 0.0176. The lowest BCUT2D eigenvalue weighted by Gasteiger charge is -2.25. The van der Waals surface area contributed by atoms with Gasteiger partial charge in [0.25, 0.3) is 0 Å². The topological polar surface area (TPSA) is 49.3 Å². The van der Waals surface area contributed by atoms with E-state index in [1.165, 1.54) is 0 Å². The summed E-state index contributed by atoms with van der Waals surface area (Å²) in [7, 11) is 0. The van der Waals surface area contributed by atoms with E-state index >= 15 is 0 Å². The van der Waals surface area contributed by atoms with Crippen LogP contribution in [0.4, 0.5) is 0 Å². The number of nitrogens with one attached hydrogen (secondary N) is 1. The maximum Gasteiger partial charge on any atom is 0.324 e. The molecule has 92 valence electrons. The summed E-state index contributed by atoms with van der Waals surface area (Å²) in [4.78, 5) is 11.4. The molecule has 0 aromatic heterocycles. The van der Waals surface area contributed by atoms with Gasteiger partial charge < -0.3 is 10.4 Å². The van der Waals surface area contributed by atoms with Gasteiger partial charge in [0.1, 0.15) is 5.54 Å². The van der Waals surface area contributed by atoms with Crippen molar-refractivity contribution >= 4 is 33.5 Å². The van der Waals surface area contributed by atoms with Crippen LogP contribution in [0.2, 0.25) is 5.02 Å². The van der Waals surface area contributed by atoms with Crippen molar-refractivity contribution in [3.63, 3.8) is 0 Å². The van der Waals surface area contributed by atoms with Gasteiger partial charge in [-0.15, -0.1) is 0 Å². The van der Waals surface area contributed by atoms with E-state index in [2.05, 4.69) is 21.2 Å². The lowest BCUT2D eigenvalue weighted by molar-refractivity contribution is -0.144. The number of carboxylic acid groups (broad SMARTS) is 1. The minimum Gasteiger partial charge on any atom is -0.480 e. The number of carboxylic acids is 1. The van der Waals surface area contributed by atoms with Crippen LogP contribution in [0.25, 0.3) is 0 Å². The molecule has 1 heterocycles. The Hall–Kier alpha value is -0.580. The molecule has 17 heavy (non-hydrogen) atoms. The molecule has 0 radical (unpaired) electrons. The third-order valence-corrected chi connectivity index (χ3v) is 4.01. The van der Waals surface area contributed by atoms with Crippen molar-refractivity contribution in [3.05, 3.63) is 33.3 Å². The van der Waals surface area contributed by atoms with E-state index in [4.69, 9.17) is 11.6 Å². The fourth-order valence-corrected chi connectivity index (χ4v) is 2.95. The Morgan fingerprint density at radius 3 is 2.88 bits per heavy atom. The maximum absolute atomic E-state index is 11.4. The Bertz CT molecular complexity index is 444. The summed E-state index contributed by atoms with van der Waals surface area (Å²) < 4.78 is 0.898. The summed E-state index contributed by atoms with van der Waals surface area (Å²) in [5.74, 6) is -0.797. The fraction of sp³-hybridized carbons (Fsp3) is 0.417. The lowest BCUT2D eigenvalue weighted by atomic mass is 9.89. The van der Waals surface area contributed by atoms with Gasteiger partial charge in [-0.05, 0) is 37.1 Å². The Labute approximate surface area is 113 Å². The third-order valence-electron chi connectivity index (χ3n) is 3.16. The fourth-order valence-electron chi connectivity index (χ4n) is 2.21. The van der Waals surface area contributed by atoms with E-state index in [0.717, 1.165) is 23.0 Å². The lowest BCUT2D eigenvalue weighted by Crippen LogP contribution is -2.49. The van der Waals surface area contributed by atoms with Crippen molar-refractivity contribution in [2.45, 2.75) is 24.8 Å². The average molecular weight is 319 g/mol. The molecule has 0 amide bonds. The number of carbonyl (C=O) groups is 1. The summed E-state index contributed by atoms with van der Waals surface area (Å²) in [5, 5.41) is 13.1. The second kappa shape index (κ2) is 4.96. The van der Waals surface area contributed by atoms with E-state index in [9.17, 15) is 9.90 Å². The van der Waals surface area contributed by atoms with Crippen LogP contribution in [0.1, 0.15) is 18.4 Å². The number of aliphatic carboxylic acids is 1. The van der Waals surface area contributed by atoms with Gasteiger partial charge in [-0.3, -0.25) is 4.79 Å². The Morgan fingerprint density at radius 1 is 1.59 bits per heavy atom. The zero-order chi connectivity index (χ0) is 12.5. The van der Waals surface area contributed by atoms with Crippen LogP contribution in [0, 0.1) is 0 Å². The molecule has 0 spiro atoms. The Kier molecular flexibility index (Phi) is 3.76. The largest absolute Gasteiger partial charge is 0.480 e. The quantitative estimate of drug-likeness (QED) is 0.901. The van der Waals surface area contributed by atoms with Crippen LogP contribution in [0.3, 0.4) is 0 Å². The molecule has 1 fully saturated rings. The first kappa shape index (κ1) is 12.9. The number of rotatable bonds is 3. The number of benzene rings is 1. The van der Waals surface area contributed by atoms with Crippen LogP contribution in [0.5, 0.6) is 0 Å². The highest BCUT2D eigenvalue weighted by Crippen LogP contribution is 2.29. The van der Waals surface area contributed by atoms with Crippen molar-refractivity contribution in [2.24, 2.45) is 0 Å². The molecule has 1 aliphatic rings. The number of hydrogen-bond donors (Lipinski definition) is 2. The minimum absolute atomic E-state index is 0.425. The second-order valence-electron chi connectivity index (χ2n) is 4.33. The molecule has 1 unspecified atom stereocenters. The standard InChI is InChI=1S/C12H13BrClNO2/c13-9-3-2-8(10(14)6-9)7-12(11(16)17)4-1-5-15-12/h2-3,6,15H,1,4-5,7H2,(H,16,17). The van der Waals surface area contributed by atoms with E-state index in [0.29, 0.717) is 17.9 Å². The van der Waals surface area contributed by atoms with E-state index in [-0.39, 0.29) is 0 Å². The van der Waals surface area contributed by atoms with Crippen molar-refractivity contribution < 1.29 is 9.90 Å². The molecule has 1 aliphatic heterocycles. The van der Waals surface area contributed by atoms with E-state index in [1.807, 2.05) is 12.1 Å². The van der Waals surface area contributed by atoms with Crippen molar-refractivity contribution in [2.75, 3.05) is 6.54 Å². The summed E-state index contributed by atoms with van der Waals surface area (Å²) in [6.07, 6.45) is 1.96. The maximum atomic E-state index is 11.4. The summed E-state index contributed by atoms with van der Waals surface area (Å²) in [6, 6.07) is 5.55. The first-order valence-corrected chi connectivity index (χ1v) is 6.63. The highest BCUT2D eigenvalue weighted by Gasteiger charge is 2.41. The summed E-state index contributed by atoms with van der Waals surface area (Å²) in [6.45, 7) is 0.750. The number of halogens is 2. The molecule has 3 nitrogen and oxygen atoms in total. The third kappa shape index (κ3) is 2.64. The van der Waals surface area contributed by atoms with Gasteiger partial charge in [-0.25, -0.2) is 0 Å². The van der Waals surface area contributed by atoms with Gasteiger partial charge in [0.05, 0.1) is 0 Å². The highest BCUT2D eigenvalue weighted by atomic mass is 79.9. The highest BCUT2D eigenvalue weighted by molar-refractivity contribution is 9.10. The van der Waals surface area contributed by atoms with Crippen LogP contribution < -0.4 is 5.32 Å². The first-order valence-electron chi connectivity index (χ1n) is 5.46. The van der Waals surface area contributed by atoms with Gasteiger partial charge in [0, 0.05) is 15.9 Å². The van der Waals surface area contributed by atoms with Crippen LogP contribution in [-0.4, -0.2) is 23.2 Å². The molecular weight excluding hydrogens is 305 g/mol. The molecule has 2 rings (SSSR count). The van der Waals surface area contributed by atoms with Crippen molar-refractivity contribution in [1.29, 1.82) is 0 Å². The van der Waals surface area contributed by atoms with Crippen molar-refractivity contribution in [1.82, 2.24) is 5.32 Å². The second-order valence-corrected chi connectivity index (χ2v) is 5.65. The van der Waals surface area contributed by atoms with Gasteiger partial charge in [-0.1, -0.05) is 33.6 Å². The number of hydrogen-bond acceptors (Lipinski definition) is 2. The van der Waals surface area contributed by atoms with E-state index in [1.54, 1.807) is 6.07 Å². The normalized spacial score (nSPS) is 23.9. The molecule has 2 N–H and O–H groups in total. The molecular formula is C12H13BrClNO2. The molecule has 0 aliphatic carbocycles. The van der Waals surface area contributed by atoms with E-state index < -0.39 is 11.5 Å². The van der Waals surface area contributed by atoms with Gasteiger partial charge in [0.2, 0.25) is 0 Å². The molecule has 0 bridgehead atoms. The van der Waals surface area contributed by atoms with Crippen LogP contribution >= 0.6 is 27.5 Å². The molecule has 1 aromatic rings. The minimum atomic E-state index is -0.850. The average Bonchev–Trinajstić information content (AvgIpc) is 2.72. The van der Waals surface area contributed by atoms with Crippen LogP contribution in [-0.2, 0) is 11.2 Å². The van der Waals surface area contributed by atoms with Crippen LogP contribution in [0.15, 0.2) is 22.7 Å².